The topological polar surface area (TPSA) is 17.0 Å². The van der Waals surface area contributed by atoms with Crippen molar-refractivity contribution in [3.8, 4) is 11.8 Å². The lowest BCUT2D eigenvalue weighted by Crippen LogP contribution is -2.13. The highest BCUT2D eigenvalue weighted by molar-refractivity contribution is 5.83. The predicted molar refractivity (Wildman–Crippen MR) is 82.0 cm³/mol. The second kappa shape index (κ2) is 7.01. The number of nitrogens with zero attached hydrogens (tertiary/aromatic N) is 1. The monoisotopic (exact) mass is 254 g/mol. The molecule has 2 heteroatoms. The van der Waals surface area contributed by atoms with E-state index >= 15 is 0 Å². The van der Waals surface area contributed by atoms with Gasteiger partial charge in [0, 0.05) is 36.6 Å². The number of aromatic nitrogens is 1. The number of para-hydroxylation sites is 1. The number of benzene rings is 1. The van der Waals surface area contributed by atoms with Crippen molar-refractivity contribution in [3.05, 3.63) is 36.0 Å². The summed E-state index contributed by atoms with van der Waals surface area (Å²) in [7, 11) is 0. The molecule has 0 fully saturated rings. The van der Waals surface area contributed by atoms with Crippen molar-refractivity contribution in [1.29, 1.82) is 0 Å². The summed E-state index contributed by atoms with van der Waals surface area (Å²) in [6.07, 6.45) is 4.35. The van der Waals surface area contributed by atoms with Gasteiger partial charge in [0.15, 0.2) is 0 Å². The van der Waals surface area contributed by atoms with Gasteiger partial charge in [-0.05, 0) is 31.5 Å². The van der Waals surface area contributed by atoms with E-state index in [-0.39, 0.29) is 0 Å². The Morgan fingerprint density at radius 2 is 2.11 bits per heavy atom. The van der Waals surface area contributed by atoms with Gasteiger partial charge in [-0.2, -0.15) is 0 Å². The highest BCUT2D eigenvalue weighted by Crippen LogP contribution is 2.21. The zero-order chi connectivity index (χ0) is 13.5. The number of fused-ring (bicyclic) bond motifs is 1. The van der Waals surface area contributed by atoms with E-state index in [0.29, 0.717) is 0 Å². The zero-order valence-electron chi connectivity index (χ0n) is 11.9. The van der Waals surface area contributed by atoms with Gasteiger partial charge >= 0.3 is 0 Å². The summed E-state index contributed by atoms with van der Waals surface area (Å²) in [6, 6.07) is 8.62. The van der Waals surface area contributed by atoms with Crippen molar-refractivity contribution < 1.29 is 0 Å². The van der Waals surface area contributed by atoms with Gasteiger partial charge in [-0.1, -0.05) is 25.1 Å². The molecule has 0 saturated carbocycles. The fourth-order valence-corrected chi connectivity index (χ4v) is 2.35. The van der Waals surface area contributed by atoms with Crippen molar-refractivity contribution in [3.63, 3.8) is 0 Å². The van der Waals surface area contributed by atoms with Gasteiger partial charge in [0.05, 0.1) is 0 Å². The van der Waals surface area contributed by atoms with Gasteiger partial charge in [-0.25, -0.2) is 0 Å². The minimum atomic E-state index is 0.914. The van der Waals surface area contributed by atoms with Gasteiger partial charge < -0.3 is 9.88 Å². The van der Waals surface area contributed by atoms with Crippen molar-refractivity contribution in [2.75, 3.05) is 6.54 Å². The van der Waals surface area contributed by atoms with Crippen molar-refractivity contribution in [2.45, 2.75) is 39.8 Å². The third-order valence-electron chi connectivity index (χ3n) is 3.27. The van der Waals surface area contributed by atoms with Crippen molar-refractivity contribution in [2.24, 2.45) is 0 Å². The maximum atomic E-state index is 3.48. The highest BCUT2D eigenvalue weighted by Gasteiger charge is 2.06. The van der Waals surface area contributed by atoms with Crippen LogP contribution in [-0.4, -0.2) is 11.1 Å². The molecule has 0 amide bonds. The molecule has 0 aliphatic rings. The van der Waals surface area contributed by atoms with Crippen LogP contribution in [0.2, 0.25) is 0 Å². The minimum Gasteiger partial charge on any atom is -0.346 e. The normalized spacial score (nSPS) is 10.4. The summed E-state index contributed by atoms with van der Waals surface area (Å²) in [5, 5.41) is 4.84. The third-order valence-corrected chi connectivity index (χ3v) is 3.27. The second-order valence-corrected chi connectivity index (χ2v) is 4.72. The first-order chi connectivity index (χ1) is 9.36. The summed E-state index contributed by atoms with van der Waals surface area (Å²) < 4.78 is 2.32. The highest BCUT2D eigenvalue weighted by atomic mass is 15.0. The summed E-state index contributed by atoms with van der Waals surface area (Å²) in [6.45, 7) is 7.07. The molecular formula is C17H22N2. The van der Waals surface area contributed by atoms with Gasteiger partial charge in [0.1, 0.15) is 0 Å². The molecule has 0 aliphatic carbocycles. The van der Waals surface area contributed by atoms with Crippen LogP contribution in [0.15, 0.2) is 30.5 Å². The largest absolute Gasteiger partial charge is 0.346 e. The number of hydrogen-bond donors (Lipinski definition) is 1. The van der Waals surface area contributed by atoms with E-state index in [9.17, 15) is 0 Å². The van der Waals surface area contributed by atoms with E-state index in [0.717, 1.165) is 26.1 Å². The molecule has 2 aromatic rings. The Labute approximate surface area is 115 Å². The Morgan fingerprint density at radius 3 is 2.89 bits per heavy atom. The molecule has 1 aromatic heterocycles. The molecule has 0 spiro atoms. The molecule has 0 radical (unpaired) electrons. The van der Waals surface area contributed by atoms with Crippen molar-refractivity contribution in [1.82, 2.24) is 9.88 Å². The lowest BCUT2D eigenvalue weighted by molar-refractivity contribution is 0.672. The van der Waals surface area contributed by atoms with Crippen LogP contribution >= 0.6 is 0 Å². The molecule has 0 bridgehead atoms. The summed E-state index contributed by atoms with van der Waals surface area (Å²) in [5.74, 6) is 6.10. The van der Waals surface area contributed by atoms with Crippen LogP contribution in [0, 0.1) is 11.8 Å². The van der Waals surface area contributed by atoms with E-state index in [1.807, 2.05) is 6.92 Å². The Hall–Kier alpha value is -1.72. The molecule has 1 heterocycles. The van der Waals surface area contributed by atoms with Gasteiger partial charge in [-0.15, -0.1) is 11.8 Å². The molecule has 2 nitrogen and oxygen atoms in total. The lowest BCUT2D eigenvalue weighted by atomic mass is 10.2. The molecule has 100 valence electrons. The Morgan fingerprint density at radius 1 is 1.26 bits per heavy atom. The van der Waals surface area contributed by atoms with Crippen LogP contribution in [-0.2, 0) is 13.1 Å². The number of hydrogen-bond acceptors (Lipinski definition) is 1. The van der Waals surface area contributed by atoms with Gasteiger partial charge in [0.2, 0.25) is 0 Å². The quantitative estimate of drug-likeness (QED) is 0.616. The van der Waals surface area contributed by atoms with Crippen LogP contribution in [0.3, 0.4) is 0 Å². The molecule has 1 aromatic carbocycles. The van der Waals surface area contributed by atoms with Crippen LogP contribution in [0.1, 0.15) is 32.3 Å². The van der Waals surface area contributed by atoms with E-state index < -0.39 is 0 Å². The Balaban J connectivity index is 2.22. The molecule has 0 aliphatic heterocycles. The average Bonchev–Trinajstić information content (AvgIpc) is 2.79. The number of nitrogens with one attached hydrogen (secondary N) is 1. The van der Waals surface area contributed by atoms with E-state index in [1.54, 1.807) is 0 Å². The third kappa shape index (κ3) is 3.39. The SMILES string of the molecule is CC#CCCn1cc(CNCCC)c2ccccc21. The molecule has 1 N–H and O–H groups in total. The number of aryl methyl sites for hydroxylation is 1. The zero-order valence-corrected chi connectivity index (χ0v) is 11.9. The maximum Gasteiger partial charge on any atom is 0.0483 e. The number of rotatable bonds is 6. The molecule has 0 unspecified atom stereocenters. The van der Waals surface area contributed by atoms with E-state index in [1.165, 1.54) is 22.9 Å². The smallest absolute Gasteiger partial charge is 0.0483 e. The average molecular weight is 254 g/mol. The second-order valence-electron chi connectivity index (χ2n) is 4.72. The molecule has 19 heavy (non-hydrogen) atoms. The lowest BCUT2D eigenvalue weighted by Gasteiger charge is -2.01. The minimum absolute atomic E-state index is 0.914. The van der Waals surface area contributed by atoms with Crippen molar-refractivity contribution >= 4 is 10.9 Å². The van der Waals surface area contributed by atoms with E-state index in [2.05, 4.69) is 59.1 Å². The predicted octanol–water partition coefficient (Wildman–Crippen LogP) is 3.55. The van der Waals surface area contributed by atoms with Gasteiger partial charge in [-0.3, -0.25) is 0 Å². The Kier molecular flexibility index (Phi) is 5.06. The molecule has 0 saturated heterocycles. The summed E-state index contributed by atoms with van der Waals surface area (Å²) in [4.78, 5) is 0. The van der Waals surface area contributed by atoms with Crippen LogP contribution in [0.4, 0.5) is 0 Å². The first kappa shape index (κ1) is 13.7. The Bertz CT molecular complexity index is 584. The maximum absolute atomic E-state index is 3.48. The molecule has 2 rings (SSSR count). The summed E-state index contributed by atoms with van der Waals surface area (Å²) in [5.41, 5.74) is 2.70. The van der Waals surface area contributed by atoms with Crippen LogP contribution in [0.5, 0.6) is 0 Å². The fourth-order valence-electron chi connectivity index (χ4n) is 2.35. The first-order valence-electron chi connectivity index (χ1n) is 7.04. The molecular weight excluding hydrogens is 232 g/mol. The molecule has 0 atom stereocenters. The summed E-state index contributed by atoms with van der Waals surface area (Å²) >= 11 is 0. The first-order valence-corrected chi connectivity index (χ1v) is 7.04. The van der Waals surface area contributed by atoms with Crippen LogP contribution in [0.25, 0.3) is 10.9 Å². The van der Waals surface area contributed by atoms with Crippen LogP contribution < -0.4 is 5.32 Å². The van der Waals surface area contributed by atoms with E-state index in [4.69, 9.17) is 0 Å². The standard InChI is InChI=1S/C17H22N2/c1-3-5-8-12-19-14-15(13-18-11-4-2)16-9-6-7-10-17(16)19/h6-7,9-10,14,18H,4,8,11-13H2,1-2H3. The van der Waals surface area contributed by atoms with Gasteiger partial charge in [0.25, 0.3) is 0 Å². The fraction of sp³-hybridized carbons (Fsp3) is 0.412.